The molecule has 0 aliphatic heterocycles. The van der Waals surface area contributed by atoms with Gasteiger partial charge in [0, 0.05) is 12.2 Å². The lowest BCUT2D eigenvalue weighted by molar-refractivity contribution is 0.155. The van der Waals surface area contributed by atoms with Gasteiger partial charge in [0.2, 0.25) is 0 Å². The Morgan fingerprint density at radius 2 is 1.74 bits per heavy atom. The molecule has 0 spiro atoms. The zero-order valence-electron chi connectivity index (χ0n) is 12.3. The Kier molecular flexibility index (Phi) is 15.0. The highest BCUT2D eigenvalue weighted by Crippen LogP contribution is 2.04. The fraction of sp³-hybridized carbons (Fsp3) is 0.500. The number of carbonyl (C=O) groups is 1. The van der Waals surface area contributed by atoms with Crippen LogP contribution in [-0.2, 0) is 4.74 Å². The first kappa shape index (κ1) is 19.7. The fourth-order valence-corrected chi connectivity index (χ4v) is 0.926. The van der Waals surface area contributed by atoms with Crippen molar-refractivity contribution in [2.24, 2.45) is 11.5 Å². The summed E-state index contributed by atoms with van der Waals surface area (Å²) in [5.74, 6) is 0. The average molecular weight is 269 g/mol. The quantitative estimate of drug-likeness (QED) is 0.783. The number of benzene rings is 1. The largest absolute Gasteiger partial charge is 0.448 e. The Balaban J connectivity index is 0. The maximum absolute atomic E-state index is 11.2. The van der Waals surface area contributed by atoms with Gasteiger partial charge in [-0.3, -0.25) is 5.32 Å². The normalized spacial score (nSPS) is 10.0. The van der Waals surface area contributed by atoms with Crippen molar-refractivity contribution in [2.45, 2.75) is 33.7 Å². The monoisotopic (exact) mass is 269 g/mol. The average Bonchev–Trinajstić information content (AvgIpc) is 2.50. The molecule has 1 atom stereocenters. The third-order valence-corrected chi connectivity index (χ3v) is 1.75. The number of nitrogens with two attached hydrogens (primary N) is 2. The summed E-state index contributed by atoms with van der Waals surface area (Å²) in [6.45, 7) is 8.41. The Morgan fingerprint density at radius 1 is 1.21 bits per heavy atom. The summed E-state index contributed by atoms with van der Waals surface area (Å²) < 4.78 is 4.84. The van der Waals surface area contributed by atoms with E-state index in [0.717, 1.165) is 0 Å². The molecule has 0 fully saturated rings. The molecule has 0 aliphatic carbocycles. The Hall–Kier alpha value is -1.59. The molecule has 1 unspecified atom stereocenters. The third kappa shape index (κ3) is 11.2. The summed E-state index contributed by atoms with van der Waals surface area (Å²) in [6.07, 6.45) is -0.523. The van der Waals surface area contributed by atoms with Crippen molar-refractivity contribution in [1.82, 2.24) is 0 Å². The first-order valence-electron chi connectivity index (χ1n) is 6.67. The van der Waals surface area contributed by atoms with Gasteiger partial charge < -0.3 is 16.2 Å². The van der Waals surface area contributed by atoms with Crippen molar-refractivity contribution < 1.29 is 9.53 Å². The van der Waals surface area contributed by atoms with Gasteiger partial charge in [-0.25, -0.2) is 4.79 Å². The van der Waals surface area contributed by atoms with E-state index < -0.39 is 6.09 Å². The van der Waals surface area contributed by atoms with E-state index in [2.05, 4.69) is 5.32 Å². The van der Waals surface area contributed by atoms with Crippen molar-refractivity contribution >= 4 is 11.8 Å². The lowest BCUT2D eigenvalue weighted by atomic mass is 10.3. The molecular weight excluding hydrogens is 242 g/mol. The van der Waals surface area contributed by atoms with E-state index in [1.54, 1.807) is 12.1 Å². The second-order valence-electron chi connectivity index (χ2n) is 3.09. The van der Waals surface area contributed by atoms with Crippen LogP contribution in [0.15, 0.2) is 30.3 Å². The maximum atomic E-state index is 11.2. The highest BCUT2D eigenvalue weighted by molar-refractivity contribution is 5.84. The molecular formula is C14H27N3O2. The predicted molar refractivity (Wildman–Crippen MR) is 81.1 cm³/mol. The summed E-state index contributed by atoms with van der Waals surface area (Å²) in [7, 11) is 0. The van der Waals surface area contributed by atoms with Crippen molar-refractivity contribution in [3.05, 3.63) is 30.3 Å². The number of hydrogen-bond acceptors (Lipinski definition) is 4. The molecule has 1 aromatic carbocycles. The van der Waals surface area contributed by atoms with E-state index in [4.69, 9.17) is 16.2 Å². The minimum Gasteiger partial charge on any atom is -0.448 e. The highest BCUT2D eigenvalue weighted by atomic mass is 16.5. The Morgan fingerprint density at radius 3 is 2.21 bits per heavy atom. The molecule has 110 valence electrons. The van der Waals surface area contributed by atoms with Crippen LogP contribution in [0.5, 0.6) is 0 Å². The van der Waals surface area contributed by atoms with Crippen LogP contribution >= 0.6 is 0 Å². The summed E-state index contributed by atoms with van der Waals surface area (Å²) in [6, 6.07) is 8.73. The summed E-state index contributed by atoms with van der Waals surface area (Å²) >= 11 is 0. The van der Waals surface area contributed by atoms with E-state index in [-0.39, 0.29) is 12.6 Å². The van der Waals surface area contributed by atoms with Crippen LogP contribution in [0.4, 0.5) is 10.5 Å². The number of hydrogen-bond donors (Lipinski definition) is 3. The highest BCUT2D eigenvalue weighted by Gasteiger charge is 2.05. The number of carbonyl (C=O) groups excluding carboxylic acids is 1. The SMILES string of the molecule is CC.CC.NCC(N)COC(=O)Nc1ccccc1. The van der Waals surface area contributed by atoms with Crippen molar-refractivity contribution in [3.8, 4) is 0 Å². The smallest absolute Gasteiger partial charge is 0.411 e. The maximum Gasteiger partial charge on any atom is 0.411 e. The van der Waals surface area contributed by atoms with Gasteiger partial charge in [0.15, 0.2) is 0 Å². The van der Waals surface area contributed by atoms with Crippen LogP contribution in [0.25, 0.3) is 0 Å². The predicted octanol–water partition coefficient (Wildman–Crippen LogP) is 2.57. The van der Waals surface area contributed by atoms with E-state index in [9.17, 15) is 4.79 Å². The van der Waals surface area contributed by atoms with Crippen LogP contribution in [0.3, 0.4) is 0 Å². The van der Waals surface area contributed by atoms with Crippen LogP contribution in [-0.4, -0.2) is 25.3 Å². The first-order valence-corrected chi connectivity index (χ1v) is 6.67. The fourth-order valence-electron chi connectivity index (χ4n) is 0.926. The van der Waals surface area contributed by atoms with Crippen LogP contribution in [0.1, 0.15) is 27.7 Å². The van der Waals surface area contributed by atoms with Gasteiger partial charge in [0.1, 0.15) is 6.61 Å². The number of nitrogens with one attached hydrogen (secondary N) is 1. The number of amides is 1. The van der Waals surface area contributed by atoms with Gasteiger partial charge in [0.05, 0.1) is 6.04 Å². The zero-order valence-corrected chi connectivity index (χ0v) is 12.3. The van der Waals surface area contributed by atoms with E-state index in [0.29, 0.717) is 12.2 Å². The molecule has 19 heavy (non-hydrogen) atoms. The van der Waals surface area contributed by atoms with Gasteiger partial charge in [0.25, 0.3) is 0 Å². The molecule has 0 heterocycles. The molecule has 1 rings (SSSR count). The Bertz CT molecular complexity index is 305. The van der Waals surface area contributed by atoms with E-state index in [1.165, 1.54) is 0 Å². The molecule has 5 nitrogen and oxygen atoms in total. The van der Waals surface area contributed by atoms with Gasteiger partial charge in [-0.1, -0.05) is 45.9 Å². The molecule has 1 aromatic rings. The molecule has 1 amide bonds. The van der Waals surface area contributed by atoms with Gasteiger partial charge >= 0.3 is 6.09 Å². The third-order valence-electron chi connectivity index (χ3n) is 1.75. The second-order valence-corrected chi connectivity index (χ2v) is 3.09. The van der Waals surface area contributed by atoms with Crippen molar-refractivity contribution in [3.63, 3.8) is 0 Å². The van der Waals surface area contributed by atoms with Crippen LogP contribution in [0.2, 0.25) is 0 Å². The molecule has 0 aliphatic rings. The van der Waals surface area contributed by atoms with Crippen LogP contribution in [0, 0.1) is 0 Å². The molecule has 0 aromatic heterocycles. The summed E-state index contributed by atoms with van der Waals surface area (Å²) in [5, 5.41) is 2.56. The van der Waals surface area contributed by atoms with Gasteiger partial charge in [-0.2, -0.15) is 0 Å². The first-order chi connectivity index (χ1) is 9.22. The standard InChI is InChI=1S/C10H15N3O2.2C2H6/c11-6-8(12)7-15-10(14)13-9-4-2-1-3-5-9;2*1-2/h1-5,8H,6-7,11-12H2,(H,13,14);2*1-2H3. The lowest BCUT2D eigenvalue weighted by Gasteiger charge is -2.10. The number of rotatable bonds is 4. The summed E-state index contributed by atoms with van der Waals surface area (Å²) in [4.78, 5) is 11.2. The van der Waals surface area contributed by atoms with E-state index in [1.807, 2.05) is 45.9 Å². The summed E-state index contributed by atoms with van der Waals surface area (Å²) in [5.41, 5.74) is 11.4. The number of ether oxygens (including phenoxy) is 1. The molecule has 0 saturated carbocycles. The Labute approximate surface area is 116 Å². The van der Waals surface area contributed by atoms with Crippen molar-refractivity contribution in [2.75, 3.05) is 18.5 Å². The number of para-hydroxylation sites is 1. The number of anilines is 1. The van der Waals surface area contributed by atoms with Gasteiger partial charge in [-0.05, 0) is 12.1 Å². The van der Waals surface area contributed by atoms with Crippen molar-refractivity contribution in [1.29, 1.82) is 0 Å². The minimum absolute atomic E-state index is 0.120. The van der Waals surface area contributed by atoms with Gasteiger partial charge in [-0.15, -0.1) is 0 Å². The molecule has 0 bridgehead atoms. The van der Waals surface area contributed by atoms with E-state index >= 15 is 0 Å². The minimum atomic E-state index is -0.523. The topological polar surface area (TPSA) is 90.4 Å². The molecule has 5 heteroatoms. The molecule has 0 saturated heterocycles. The molecule has 0 radical (unpaired) electrons. The molecule has 5 N–H and O–H groups in total. The zero-order chi connectivity index (χ0) is 15.1. The second kappa shape index (κ2) is 14.5. The van der Waals surface area contributed by atoms with Crippen LogP contribution < -0.4 is 16.8 Å². The lowest BCUT2D eigenvalue weighted by Crippen LogP contribution is -2.35.